The zero-order valence-electron chi connectivity index (χ0n) is 11.4. The number of hydrogen-bond acceptors (Lipinski definition) is 4. The van der Waals surface area contributed by atoms with Crippen LogP contribution in [0.4, 0.5) is 5.82 Å². The Kier molecular flexibility index (Phi) is 6.36. The third kappa shape index (κ3) is 3.56. The number of halogens is 1. The average molecular weight is 272 g/mol. The average Bonchev–Trinajstić information content (AvgIpc) is 2.40. The molecule has 0 unspecified atom stereocenters. The van der Waals surface area contributed by atoms with E-state index >= 15 is 0 Å². The Morgan fingerprint density at radius 1 is 1.28 bits per heavy atom. The van der Waals surface area contributed by atoms with Crippen LogP contribution < -0.4 is 4.90 Å². The van der Waals surface area contributed by atoms with Crippen molar-refractivity contribution in [3.05, 3.63) is 17.0 Å². The van der Waals surface area contributed by atoms with E-state index in [1.807, 2.05) is 0 Å². The van der Waals surface area contributed by atoms with Gasteiger partial charge in [-0.15, -0.1) is 0 Å². The van der Waals surface area contributed by atoms with Crippen LogP contribution in [0.1, 0.15) is 39.2 Å². The summed E-state index contributed by atoms with van der Waals surface area (Å²) >= 11 is 6.00. The minimum atomic E-state index is -0.131. The Hall–Kier alpha value is -0.870. The lowest BCUT2D eigenvalue weighted by molar-refractivity contribution is 0.281. The first-order chi connectivity index (χ1) is 8.67. The summed E-state index contributed by atoms with van der Waals surface area (Å²) in [5, 5.41) is 9.74. The first-order valence-corrected chi connectivity index (χ1v) is 6.90. The molecule has 0 saturated heterocycles. The molecule has 1 heterocycles. The zero-order valence-corrected chi connectivity index (χ0v) is 12.1. The van der Waals surface area contributed by atoms with Crippen molar-refractivity contribution < 1.29 is 5.11 Å². The topological polar surface area (TPSA) is 49.2 Å². The smallest absolute Gasteiger partial charge is 0.140 e. The lowest BCUT2D eigenvalue weighted by Gasteiger charge is -2.27. The van der Waals surface area contributed by atoms with Gasteiger partial charge in [0.15, 0.2) is 0 Å². The lowest BCUT2D eigenvalue weighted by Crippen LogP contribution is -2.30. The van der Waals surface area contributed by atoms with E-state index in [0.29, 0.717) is 16.6 Å². The molecular weight excluding hydrogens is 250 g/mol. The summed E-state index contributed by atoms with van der Waals surface area (Å²) in [4.78, 5) is 10.4. The van der Waals surface area contributed by atoms with Gasteiger partial charge in [0.05, 0.1) is 12.2 Å². The van der Waals surface area contributed by atoms with Crippen LogP contribution in [0, 0.1) is 5.92 Å². The SMILES string of the molecule is CCC(CC)CN(CC)c1ncnc(Cl)c1CO. The molecule has 0 aliphatic rings. The number of nitrogens with zero attached hydrogens (tertiary/aromatic N) is 3. The Bertz CT molecular complexity index is 369. The third-order valence-corrected chi connectivity index (χ3v) is 3.67. The van der Waals surface area contributed by atoms with E-state index < -0.39 is 0 Å². The number of aromatic nitrogens is 2. The minimum Gasteiger partial charge on any atom is -0.391 e. The molecule has 0 atom stereocenters. The second-order valence-electron chi connectivity index (χ2n) is 4.35. The number of anilines is 1. The van der Waals surface area contributed by atoms with E-state index in [4.69, 9.17) is 11.6 Å². The van der Waals surface area contributed by atoms with Crippen molar-refractivity contribution in [2.24, 2.45) is 5.92 Å². The van der Waals surface area contributed by atoms with Gasteiger partial charge in [0.25, 0.3) is 0 Å². The first-order valence-electron chi connectivity index (χ1n) is 6.52. The van der Waals surface area contributed by atoms with Gasteiger partial charge < -0.3 is 10.0 Å². The zero-order chi connectivity index (χ0) is 13.5. The summed E-state index contributed by atoms with van der Waals surface area (Å²) < 4.78 is 0. The number of rotatable bonds is 7. The predicted molar refractivity (Wildman–Crippen MR) is 74.9 cm³/mol. The van der Waals surface area contributed by atoms with Crippen molar-refractivity contribution in [2.75, 3.05) is 18.0 Å². The van der Waals surface area contributed by atoms with Crippen LogP contribution in [-0.2, 0) is 6.61 Å². The highest BCUT2D eigenvalue weighted by atomic mass is 35.5. The molecule has 0 aliphatic carbocycles. The number of aliphatic hydroxyl groups excluding tert-OH is 1. The van der Waals surface area contributed by atoms with Crippen molar-refractivity contribution in [1.29, 1.82) is 0 Å². The lowest BCUT2D eigenvalue weighted by atomic mass is 10.0. The van der Waals surface area contributed by atoms with Crippen LogP contribution in [0.5, 0.6) is 0 Å². The van der Waals surface area contributed by atoms with Gasteiger partial charge in [-0.1, -0.05) is 38.3 Å². The second-order valence-corrected chi connectivity index (χ2v) is 4.70. The largest absolute Gasteiger partial charge is 0.391 e. The van der Waals surface area contributed by atoms with Gasteiger partial charge in [0.1, 0.15) is 17.3 Å². The molecule has 18 heavy (non-hydrogen) atoms. The van der Waals surface area contributed by atoms with E-state index in [1.165, 1.54) is 6.33 Å². The fourth-order valence-electron chi connectivity index (χ4n) is 2.01. The number of aliphatic hydroxyl groups is 1. The molecule has 0 saturated carbocycles. The summed E-state index contributed by atoms with van der Waals surface area (Å²) in [6.07, 6.45) is 3.73. The Morgan fingerprint density at radius 3 is 2.44 bits per heavy atom. The van der Waals surface area contributed by atoms with E-state index in [1.54, 1.807) is 0 Å². The molecule has 4 nitrogen and oxygen atoms in total. The van der Waals surface area contributed by atoms with Crippen molar-refractivity contribution in [3.8, 4) is 0 Å². The summed E-state index contributed by atoms with van der Waals surface area (Å²) in [7, 11) is 0. The molecule has 1 rings (SSSR count). The molecule has 102 valence electrons. The normalized spacial score (nSPS) is 11.0. The molecule has 0 aliphatic heterocycles. The van der Waals surface area contributed by atoms with Crippen LogP contribution >= 0.6 is 11.6 Å². The van der Waals surface area contributed by atoms with Crippen molar-refractivity contribution in [1.82, 2.24) is 9.97 Å². The predicted octanol–water partition coefficient (Wildman–Crippen LogP) is 2.88. The Labute approximate surface area is 114 Å². The van der Waals surface area contributed by atoms with E-state index in [9.17, 15) is 5.11 Å². The van der Waals surface area contributed by atoms with Crippen molar-refractivity contribution in [3.63, 3.8) is 0 Å². The molecule has 0 amide bonds. The molecule has 1 N–H and O–H groups in total. The summed E-state index contributed by atoms with van der Waals surface area (Å²) in [6.45, 7) is 8.12. The highest BCUT2D eigenvalue weighted by molar-refractivity contribution is 6.30. The van der Waals surface area contributed by atoms with Gasteiger partial charge in [0.2, 0.25) is 0 Å². The molecule has 0 aromatic carbocycles. The minimum absolute atomic E-state index is 0.131. The fourth-order valence-corrected chi connectivity index (χ4v) is 2.20. The third-order valence-electron chi connectivity index (χ3n) is 3.34. The molecule has 1 aromatic heterocycles. The van der Waals surface area contributed by atoms with Crippen molar-refractivity contribution >= 4 is 17.4 Å². The van der Waals surface area contributed by atoms with E-state index in [-0.39, 0.29) is 6.61 Å². The maximum atomic E-state index is 9.40. The van der Waals surface area contributed by atoms with Gasteiger partial charge >= 0.3 is 0 Å². The first kappa shape index (κ1) is 15.2. The van der Waals surface area contributed by atoms with Crippen molar-refractivity contribution in [2.45, 2.75) is 40.2 Å². The highest BCUT2D eigenvalue weighted by Crippen LogP contribution is 2.24. The quantitative estimate of drug-likeness (QED) is 0.775. The summed E-state index contributed by atoms with van der Waals surface area (Å²) in [6, 6.07) is 0. The molecule has 0 spiro atoms. The maximum absolute atomic E-state index is 9.40. The second kappa shape index (κ2) is 7.54. The van der Waals surface area contributed by atoms with Crippen LogP contribution in [0.25, 0.3) is 0 Å². The monoisotopic (exact) mass is 271 g/mol. The highest BCUT2D eigenvalue weighted by Gasteiger charge is 2.17. The summed E-state index contributed by atoms with van der Waals surface area (Å²) in [5.41, 5.74) is 0.618. The van der Waals surface area contributed by atoms with Gasteiger partial charge in [-0.3, -0.25) is 0 Å². The van der Waals surface area contributed by atoms with E-state index in [2.05, 4.69) is 35.6 Å². The number of hydrogen-bond donors (Lipinski definition) is 1. The Balaban J connectivity index is 2.97. The molecule has 5 heteroatoms. The summed E-state index contributed by atoms with van der Waals surface area (Å²) in [5.74, 6) is 1.39. The van der Waals surface area contributed by atoms with Crippen LogP contribution in [-0.4, -0.2) is 28.2 Å². The molecule has 1 aromatic rings. The maximum Gasteiger partial charge on any atom is 0.140 e. The standard InChI is InChI=1S/C13H22ClN3O/c1-4-10(5-2)7-17(6-3)13-11(8-18)12(14)15-9-16-13/h9-10,18H,4-8H2,1-3H3. The van der Waals surface area contributed by atoms with Gasteiger partial charge in [-0.2, -0.15) is 0 Å². The molecule has 0 fully saturated rings. The molecule has 0 bridgehead atoms. The molecular formula is C13H22ClN3O. The fraction of sp³-hybridized carbons (Fsp3) is 0.692. The Morgan fingerprint density at radius 2 is 1.94 bits per heavy atom. The van der Waals surface area contributed by atoms with E-state index in [0.717, 1.165) is 31.7 Å². The van der Waals surface area contributed by atoms with Gasteiger partial charge in [-0.05, 0) is 12.8 Å². The van der Waals surface area contributed by atoms with Crippen LogP contribution in [0.3, 0.4) is 0 Å². The van der Waals surface area contributed by atoms with Crippen LogP contribution in [0.15, 0.2) is 6.33 Å². The van der Waals surface area contributed by atoms with Gasteiger partial charge in [-0.25, -0.2) is 9.97 Å². The molecule has 0 radical (unpaired) electrons. The van der Waals surface area contributed by atoms with Gasteiger partial charge in [0, 0.05) is 13.1 Å². The van der Waals surface area contributed by atoms with Crippen LogP contribution in [0.2, 0.25) is 5.15 Å².